The van der Waals surface area contributed by atoms with E-state index in [2.05, 4.69) is 4.98 Å². The molecule has 0 amide bonds. The standard InChI is InChI=1S/C16H16N2O4S/c1-7(19)9-8(2)23-11-10(9)17-13(18(3)12(11)20)15-4-16(5-15,6-15)14(21)22/h4-6H2,1-3H3,(H,21,22). The van der Waals surface area contributed by atoms with Gasteiger partial charge in [-0.2, -0.15) is 0 Å². The second-order valence-electron chi connectivity index (χ2n) is 6.96. The molecule has 0 saturated heterocycles. The van der Waals surface area contributed by atoms with Crippen molar-refractivity contribution in [2.75, 3.05) is 0 Å². The van der Waals surface area contributed by atoms with E-state index in [-0.39, 0.29) is 16.8 Å². The third kappa shape index (κ3) is 1.58. The van der Waals surface area contributed by atoms with Gasteiger partial charge in [0.1, 0.15) is 10.5 Å². The Morgan fingerprint density at radius 2 is 1.91 bits per heavy atom. The van der Waals surface area contributed by atoms with Crippen molar-refractivity contribution in [2.45, 2.75) is 38.5 Å². The first-order valence-corrected chi connectivity index (χ1v) is 8.27. The summed E-state index contributed by atoms with van der Waals surface area (Å²) in [6.45, 7) is 3.30. The van der Waals surface area contributed by atoms with E-state index in [1.54, 1.807) is 7.05 Å². The average molecular weight is 332 g/mol. The zero-order valence-corrected chi connectivity index (χ0v) is 13.9. The van der Waals surface area contributed by atoms with Crippen molar-refractivity contribution in [2.24, 2.45) is 12.5 Å². The zero-order chi connectivity index (χ0) is 16.7. The van der Waals surface area contributed by atoms with Gasteiger partial charge >= 0.3 is 5.97 Å². The van der Waals surface area contributed by atoms with Crippen LogP contribution >= 0.6 is 11.3 Å². The highest BCUT2D eigenvalue weighted by Crippen LogP contribution is 2.73. The van der Waals surface area contributed by atoms with E-state index < -0.39 is 11.4 Å². The number of ketones is 1. The summed E-state index contributed by atoms with van der Waals surface area (Å²) in [5.74, 6) is -0.236. The van der Waals surface area contributed by atoms with Crippen LogP contribution in [0.3, 0.4) is 0 Å². The molecule has 0 atom stereocenters. The number of thiophene rings is 1. The molecule has 6 nitrogen and oxygen atoms in total. The van der Waals surface area contributed by atoms with Crippen LogP contribution in [-0.2, 0) is 17.3 Å². The lowest BCUT2D eigenvalue weighted by Gasteiger charge is -2.67. The van der Waals surface area contributed by atoms with Gasteiger partial charge < -0.3 is 5.11 Å². The van der Waals surface area contributed by atoms with Gasteiger partial charge in [-0.05, 0) is 33.1 Å². The summed E-state index contributed by atoms with van der Waals surface area (Å²) in [4.78, 5) is 41.3. The van der Waals surface area contributed by atoms with Crippen molar-refractivity contribution in [3.63, 3.8) is 0 Å². The molecule has 3 aliphatic rings. The Labute approximate surface area is 135 Å². The highest BCUT2D eigenvalue weighted by Gasteiger charge is 2.74. The number of aryl methyl sites for hydroxylation is 1. The number of Topliss-reactive ketones (excluding diaryl/α,β-unsaturated/α-hetero) is 1. The maximum Gasteiger partial charge on any atom is 0.309 e. The molecule has 2 heterocycles. The van der Waals surface area contributed by atoms with Crippen molar-refractivity contribution in [3.05, 3.63) is 26.6 Å². The summed E-state index contributed by atoms with van der Waals surface area (Å²) in [6.07, 6.45) is 1.58. The van der Waals surface area contributed by atoms with Crippen LogP contribution in [0.25, 0.3) is 10.2 Å². The van der Waals surface area contributed by atoms with Crippen LogP contribution in [0.4, 0.5) is 0 Å². The number of carboxylic acids is 1. The number of fused-ring (bicyclic) bond motifs is 1. The van der Waals surface area contributed by atoms with Gasteiger partial charge in [0.05, 0.1) is 16.5 Å². The molecule has 0 aliphatic heterocycles. The first kappa shape index (κ1) is 14.6. The van der Waals surface area contributed by atoms with E-state index in [4.69, 9.17) is 0 Å². The van der Waals surface area contributed by atoms with Gasteiger partial charge in [-0.25, -0.2) is 4.98 Å². The maximum absolute atomic E-state index is 12.7. The fourth-order valence-electron chi connectivity index (χ4n) is 4.35. The van der Waals surface area contributed by atoms with Gasteiger partial charge in [-0.15, -0.1) is 11.3 Å². The van der Waals surface area contributed by atoms with Crippen LogP contribution in [0.1, 0.15) is 47.2 Å². The van der Waals surface area contributed by atoms with Gasteiger partial charge in [0.15, 0.2) is 5.78 Å². The van der Waals surface area contributed by atoms with Crippen LogP contribution in [0, 0.1) is 12.3 Å². The van der Waals surface area contributed by atoms with Gasteiger partial charge in [0.2, 0.25) is 0 Å². The Hall–Kier alpha value is -2.02. The number of aliphatic carboxylic acids is 1. The second kappa shape index (κ2) is 4.08. The van der Waals surface area contributed by atoms with Gasteiger partial charge in [-0.3, -0.25) is 19.0 Å². The summed E-state index contributed by atoms with van der Waals surface area (Å²) in [6, 6.07) is 0. The fourth-order valence-corrected chi connectivity index (χ4v) is 5.47. The molecule has 2 aromatic rings. The van der Waals surface area contributed by atoms with Crippen molar-refractivity contribution < 1.29 is 14.7 Å². The van der Waals surface area contributed by atoms with Gasteiger partial charge in [0, 0.05) is 17.3 Å². The van der Waals surface area contributed by atoms with Crippen LogP contribution in [0.2, 0.25) is 0 Å². The Morgan fingerprint density at radius 3 is 2.43 bits per heavy atom. The maximum atomic E-state index is 12.7. The van der Waals surface area contributed by atoms with Crippen LogP contribution in [-0.4, -0.2) is 26.4 Å². The molecule has 2 aromatic heterocycles. The fraction of sp³-hybridized carbons (Fsp3) is 0.500. The van der Waals surface area contributed by atoms with Crippen molar-refractivity contribution in [1.82, 2.24) is 9.55 Å². The van der Waals surface area contributed by atoms with Crippen molar-refractivity contribution in [3.8, 4) is 0 Å². The minimum Gasteiger partial charge on any atom is -0.481 e. The molecule has 0 spiro atoms. The number of hydrogen-bond donors (Lipinski definition) is 1. The molecule has 0 aromatic carbocycles. The zero-order valence-electron chi connectivity index (χ0n) is 13.1. The van der Waals surface area contributed by atoms with E-state index in [1.165, 1.54) is 22.8 Å². The minimum atomic E-state index is -0.763. The highest BCUT2D eigenvalue weighted by molar-refractivity contribution is 7.19. The summed E-state index contributed by atoms with van der Waals surface area (Å²) in [5, 5.41) is 9.28. The number of rotatable bonds is 3. The molecule has 3 fully saturated rings. The second-order valence-corrected chi connectivity index (χ2v) is 8.19. The average Bonchev–Trinajstić information content (AvgIpc) is 2.68. The van der Waals surface area contributed by atoms with E-state index in [0.29, 0.717) is 40.9 Å². The predicted molar refractivity (Wildman–Crippen MR) is 85.2 cm³/mol. The number of hydrogen-bond acceptors (Lipinski definition) is 5. The molecule has 2 bridgehead atoms. The normalized spacial score (nSPS) is 28.3. The summed E-state index contributed by atoms with van der Waals surface area (Å²) < 4.78 is 2.03. The highest BCUT2D eigenvalue weighted by atomic mass is 32.1. The lowest BCUT2D eigenvalue weighted by atomic mass is 9.35. The molecule has 1 N–H and O–H groups in total. The van der Waals surface area contributed by atoms with E-state index >= 15 is 0 Å². The topological polar surface area (TPSA) is 89.3 Å². The Bertz CT molecular complexity index is 949. The number of aromatic nitrogens is 2. The summed E-state index contributed by atoms with van der Waals surface area (Å²) >= 11 is 1.30. The van der Waals surface area contributed by atoms with Gasteiger partial charge in [0.25, 0.3) is 5.56 Å². The third-order valence-corrected chi connectivity index (χ3v) is 6.49. The molecule has 0 unspecified atom stereocenters. The third-order valence-electron chi connectivity index (χ3n) is 5.40. The lowest BCUT2D eigenvalue weighted by molar-refractivity contribution is -0.196. The smallest absolute Gasteiger partial charge is 0.309 e. The minimum absolute atomic E-state index is 0.0972. The lowest BCUT2D eigenvalue weighted by Crippen LogP contribution is -2.69. The van der Waals surface area contributed by atoms with Crippen molar-refractivity contribution in [1.29, 1.82) is 0 Å². The largest absolute Gasteiger partial charge is 0.481 e. The quantitative estimate of drug-likeness (QED) is 0.869. The van der Waals surface area contributed by atoms with E-state index in [9.17, 15) is 19.5 Å². The number of carbonyl (C=O) groups excluding carboxylic acids is 1. The van der Waals surface area contributed by atoms with E-state index in [0.717, 1.165) is 4.88 Å². The molecule has 7 heteroatoms. The first-order chi connectivity index (χ1) is 10.7. The van der Waals surface area contributed by atoms with Crippen LogP contribution in [0.5, 0.6) is 0 Å². The first-order valence-electron chi connectivity index (χ1n) is 7.46. The van der Waals surface area contributed by atoms with Gasteiger partial charge in [-0.1, -0.05) is 0 Å². The Kier molecular flexibility index (Phi) is 2.59. The summed E-state index contributed by atoms with van der Waals surface area (Å²) in [5.41, 5.74) is -0.0965. The van der Waals surface area contributed by atoms with Crippen molar-refractivity contribution >= 4 is 33.3 Å². The number of carboxylic acid groups (broad SMARTS) is 1. The van der Waals surface area contributed by atoms with Crippen LogP contribution in [0.15, 0.2) is 4.79 Å². The predicted octanol–water partition coefficient (Wildman–Crippen LogP) is 2.01. The molecule has 23 heavy (non-hydrogen) atoms. The molecule has 3 saturated carbocycles. The Morgan fingerprint density at radius 1 is 1.30 bits per heavy atom. The number of nitrogens with zero attached hydrogens (tertiary/aromatic N) is 2. The molecule has 5 rings (SSSR count). The molecular weight excluding hydrogens is 316 g/mol. The monoisotopic (exact) mass is 332 g/mol. The molecule has 120 valence electrons. The molecule has 3 aliphatic carbocycles. The Balaban J connectivity index is 1.92. The summed E-state index contributed by atoms with van der Waals surface area (Å²) in [7, 11) is 1.68. The van der Waals surface area contributed by atoms with E-state index in [1.807, 2.05) is 6.92 Å². The molecular formula is C16H16N2O4S. The number of carbonyl (C=O) groups is 2. The SMILES string of the molecule is CC(=O)c1c(C)sc2c(=O)n(C)c(C34CC(C(=O)O)(C3)C4)nc12. The molecule has 0 radical (unpaired) electrons. The van der Waals surface area contributed by atoms with Crippen LogP contribution < -0.4 is 5.56 Å².